The molecule has 0 saturated carbocycles. The molecule has 1 heterocycles. The van der Waals surface area contributed by atoms with Crippen molar-refractivity contribution in [2.45, 2.75) is 13.8 Å². The first-order valence-corrected chi connectivity index (χ1v) is 5.42. The van der Waals surface area contributed by atoms with Gasteiger partial charge in [0, 0.05) is 19.2 Å². The van der Waals surface area contributed by atoms with Crippen LogP contribution in [0, 0.1) is 5.92 Å². The van der Waals surface area contributed by atoms with Gasteiger partial charge in [-0.3, -0.25) is 9.59 Å². The predicted molar refractivity (Wildman–Crippen MR) is 62.6 cm³/mol. The third-order valence-corrected chi connectivity index (χ3v) is 2.48. The van der Waals surface area contributed by atoms with Crippen molar-refractivity contribution in [3.8, 4) is 0 Å². The molecule has 16 heavy (non-hydrogen) atoms. The molecule has 4 nitrogen and oxygen atoms in total. The molecule has 88 valence electrons. The highest BCUT2D eigenvalue weighted by molar-refractivity contribution is 6.31. The van der Waals surface area contributed by atoms with E-state index < -0.39 is 0 Å². The van der Waals surface area contributed by atoms with Gasteiger partial charge in [-0.25, -0.2) is 0 Å². The maximum absolute atomic E-state index is 11.7. The van der Waals surface area contributed by atoms with Crippen molar-refractivity contribution in [3.63, 3.8) is 0 Å². The van der Waals surface area contributed by atoms with Crippen LogP contribution in [0.15, 0.2) is 12.3 Å². The SMILES string of the molecule is CC(C)C(=O)CNC(=O)c1cc(Cl)cn1C. The van der Waals surface area contributed by atoms with E-state index in [1.165, 1.54) is 0 Å². The van der Waals surface area contributed by atoms with Crippen LogP contribution in [0.4, 0.5) is 0 Å². The Morgan fingerprint density at radius 1 is 1.50 bits per heavy atom. The fraction of sp³-hybridized carbons (Fsp3) is 0.455. The highest BCUT2D eigenvalue weighted by atomic mass is 35.5. The fourth-order valence-corrected chi connectivity index (χ4v) is 1.46. The van der Waals surface area contributed by atoms with Crippen LogP contribution < -0.4 is 5.32 Å². The van der Waals surface area contributed by atoms with Gasteiger partial charge < -0.3 is 9.88 Å². The Hall–Kier alpha value is -1.29. The van der Waals surface area contributed by atoms with Gasteiger partial charge >= 0.3 is 0 Å². The van der Waals surface area contributed by atoms with E-state index in [-0.39, 0.29) is 24.2 Å². The van der Waals surface area contributed by atoms with Gasteiger partial charge in [0.05, 0.1) is 11.6 Å². The Labute approximate surface area is 99.6 Å². The minimum atomic E-state index is -0.289. The summed E-state index contributed by atoms with van der Waals surface area (Å²) in [6.07, 6.45) is 1.64. The lowest BCUT2D eigenvalue weighted by molar-refractivity contribution is -0.120. The first-order valence-electron chi connectivity index (χ1n) is 5.04. The molecule has 1 amide bonds. The normalized spacial score (nSPS) is 10.6. The van der Waals surface area contributed by atoms with Crippen LogP contribution in [0.3, 0.4) is 0 Å². The van der Waals surface area contributed by atoms with Gasteiger partial charge in [-0.05, 0) is 6.07 Å². The van der Waals surface area contributed by atoms with Crippen LogP contribution >= 0.6 is 11.6 Å². The number of aromatic nitrogens is 1. The summed E-state index contributed by atoms with van der Waals surface area (Å²) >= 11 is 5.76. The minimum absolute atomic E-state index is 0.00801. The molecule has 0 unspecified atom stereocenters. The molecule has 1 aromatic rings. The summed E-state index contributed by atoms with van der Waals surface area (Å²) in [7, 11) is 1.73. The average Bonchev–Trinajstić information content (AvgIpc) is 2.53. The number of hydrogen-bond acceptors (Lipinski definition) is 2. The molecular formula is C11H15ClN2O2. The highest BCUT2D eigenvalue weighted by Crippen LogP contribution is 2.12. The van der Waals surface area contributed by atoms with E-state index >= 15 is 0 Å². The number of hydrogen-bond donors (Lipinski definition) is 1. The lowest BCUT2D eigenvalue weighted by atomic mass is 10.1. The number of nitrogens with zero attached hydrogens (tertiary/aromatic N) is 1. The third-order valence-electron chi connectivity index (χ3n) is 2.27. The average molecular weight is 243 g/mol. The Morgan fingerprint density at radius 3 is 2.56 bits per heavy atom. The van der Waals surface area contributed by atoms with E-state index in [1.54, 1.807) is 37.7 Å². The second-order valence-corrected chi connectivity index (χ2v) is 4.39. The van der Waals surface area contributed by atoms with Crippen LogP contribution in [-0.4, -0.2) is 22.8 Å². The van der Waals surface area contributed by atoms with E-state index in [4.69, 9.17) is 11.6 Å². The standard InChI is InChI=1S/C11H15ClN2O2/c1-7(2)10(15)5-13-11(16)9-4-8(12)6-14(9)3/h4,6-7H,5H2,1-3H3,(H,13,16). The van der Waals surface area contributed by atoms with Crippen LogP contribution in [0.5, 0.6) is 0 Å². The number of rotatable bonds is 4. The summed E-state index contributed by atoms with van der Waals surface area (Å²) in [5.74, 6) is -0.352. The molecule has 0 atom stereocenters. The zero-order valence-corrected chi connectivity index (χ0v) is 10.3. The zero-order valence-electron chi connectivity index (χ0n) is 9.58. The molecule has 0 aliphatic carbocycles. The number of carbonyl (C=O) groups excluding carboxylic acids is 2. The lowest BCUT2D eigenvalue weighted by Gasteiger charge is -2.06. The van der Waals surface area contributed by atoms with E-state index in [0.29, 0.717) is 10.7 Å². The summed E-state index contributed by atoms with van der Waals surface area (Å²) in [6.45, 7) is 3.65. The van der Waals surface area contributed by atoms with Crippen molar-refractivity contribution in [1.29, 1.82) is 0 Å². The molecule has 0 aromatic carbocycles. The Balaban J connectivity index is 2.60. The molecule has 0 fully saturated rings. The summed E-state index contributed by atoms with van der Waals surface area (Å²) in [5, 5.41) is 3.07. The molecule has 0 saturated heterocycles. The Morgan fingerprint density at radius 2 is 2.12 bits per heavy atom. The van der Waals surface area contributed by atoms with Crippen LogP contribution in [0.1, 0.15) is 24.3 Å². The molecule has 0 radical (unpaired) electrons. The lowest BCUT2D eigenvalue weighted by Crippen LogP contribution is -2.32. The number of carbonyl (C=O) groups is 2. The summed E-state index contributed by atoms with van der Waals surface area (Å²) in [6, 6.07) is 1.57. The van der Waals surface area contributed by atoms with Crippen molar-refractivity contribution in [1.82, 2.24) is 9.88 Å². The van der Waals surface area contributed by atoms with Crippen molar-refractivity contribution in [2.24, 2.45) is 13.0 Å². The number of aryl methyl sites for hydroxylation is 1. The number of nitrogens with one attached hydrogen (secondary N) is 1. The van der Waals surface area contributed by atoms with Gasteiger partial charge in [0.1, 0.15) is 5.69 Å². The van der Waals surface area contributed by atoms with Gasteiger partial charge in [-0.15, -0.1) is 0 Å². The second-order valence-electron chi connectivity index (χ2n) is 3.96. The summed E-state index contributed by atoms with van der Waals surface area (Å²) < 4.78 is 1.62. The van der Waals surface area contributed by atoms with Crippen molar-refractivity contribution < 1.29 is 9.59 Å². The topological polar surface area (TPSA) is 51.1 Å². The largest absolute Gasteiger partial charge is 0.345 e. The number of Topliss-reactive ketones (excluding diaryl/α,β-unsaturated/α-hetero) is 1. The van der Waals surface area contributed by atoms with E-state index in [0.717, 1.165) is 0 Å². The number of ketones is 1. The minimum Gasteiger partial charge on any atom is -0.345 e. The summed E-state index contributed by atoms with van der Waals surface area (Å²) in [5.41, 5.74) is 0.446. The van der Waals surface area contributed by atoms with E-state index in [1.807, 2.05) is 0 Å². The molecule has 1 aromatic heterocycles. The Bertz CT molecular complexity index is 410. The first kappa shape index (κ1) is 12.8. The highest BCUT2D eigenvalue weighted by Gasteiger charge is 2.13. The molecule has 5 heteroatoms. The Kier molecular flexibility index (Phi) is 4.12. The third kappa shape index (κ3) is 3.10. The number of halogens is 1. The fourth-order valence-electron chi connectivity index (χ4n) is 1.21. The maximum Gasteiger partial charge on any atom is 0.268 e. The quantitative estimate of drug-likeness (QED) is 0.873. The van der Waals surface area contributed by atoms with Crippen LogP contribution in [0.2, 0.25) is 5.02 Å². The molecule has 1 N–H and O–H groups in total. The van der Waals surface area contributed by atoms with Crippen LogP contribution in [0.25, 0.3) is 0 Å². The molecule has 1 rings (SSSR count). The van der Waals surface area contributed by atoms with E-state index in [2.05, 4.69) is 5.32 Å². The smallest absolute Gasteiger partial charge is 0.268 e. The van der Waals surface area contributed by atoms with Crippen molar-refractivity contribution in [2.75, 3.05) is 6.54 Å². The first-order chi connectivity index (χ1) is 7.41. The van der Waals surface area contributed by atoms with Crippen molar-refractivity contribution >= 4 is 23.3 Å². The van der Waals surface area contributed by atoms with Gasteiger partial charge in [-0.2, -0.15) is 0 Å². The molecule has 0 spiro atoms. The van der Waals surface area contributed by atoms with Crippen LogP contribution in [-0.2, 0) is 11.8 Å². The van der Waals surface area contributed by atoms with Crippen molar-refractivity contribution in [3.05, 3.63) is 23.0 Å². The summed E-state index contributed by atoms with van der Waals surface area (Å²) in [4.78, 5) is 23.0. The zero-order chi connectivity index (χ0) is 12.3. The molecular weight excluding hydrogens is 228 g/mol. The maximum atomic E-state index is 11.7. The number of amides is 1. The molecule has 0 bridgehead atoms. The monoisotopic (exact) mass is 242 g/mol. The van der Waals surface area contributed by atoms with Gasteiger partial charge in [0.25, 0.3) is 5.91 Å². The predicted octanol–water partition coefficient (Wildman–Crippen LogP) is 1.63. The molecule has 0 aliphatic rings. The van der Waals surface area contributed by atoms with Gasteiger partial charge in [0.15, 0.2) is 5.78 Å². The van der Waals surface area contributed by atoms with Gasteiger partial charge in [-0.1, -0.05) is 25.4 Å². The molecule has 0 aliphatic heterocycles. The van der Waals surface area contributed by atoms with Gasteiger partial charge in [0.2, 0.25) is 0 Å². The van der Waals surface area contributed by atoms with E-state index in [9.17, 15) is 9.59 Å². The second kappa shape index (κ2) is 5.16.